The van der Waals surface area contributed by atoms with Crippen LogP contribution in [-0.4, -0.2) is 15.1 Å². The first-order valence-electron chi connectivity index (χ1n) is 6.34. The summed E-state index contributed by atoms with van der Waals surface area (Å²) in [6, 6.07) is 13.0. The maximum atomic E-state index is 5.70. The molecule has 6 nitrogen and oxygen atoms in total. The Balaban J connectivity index is 1.77. The zero-order valence-corrected chi connectivity index (χ0v) is 10.9. The van der Waals surface area contributed by atoms with Gasteiger partial charge < -0.3 is 14.7 Å². The Morgan fingerprint density at radius 1 is 1.05 bits per heavy atom. The number of para-hydroxylation sites is 1. The molecule has 0 fully saturated rings. The predicted molar refractivity (Wildman–Crippen MR) is 77.1 cm³/mol. The van der Waals surface area contributed by atoms with Crippen LogP contribution in [0.2, 0.25) is 0 Å². The fraction of sp³-hybridized carbons (Fsp3) is 0. The van der Waals surface area contributed by atoms with Gasteiger partial charge >= 0.3 is 0 Å². The van der Waals surface area contributed by atoms with Crippen molar-refractivity contribution < 1.29 is 8.94 Å². The van der Waals surface area contributed by atoms with Crippen molar-refractivity contribution in [1.82, 2.24) is 15.1 Å². The number of hydrogen-bond acceptors (Lipinski definition) is 6. The minimum Gasteiger partial charge on any atom is -0.453 e. The lowest BCUT2D eigenvalue weighted by Gasteiger charge is -1.94. The minimum atomic E-state index is 0.375. The average Bonchev–Trinajstić information content (AvgIpc) is 3.14. The number of anilines is 1. The van der Waals surface area contributed by atoms with E-state index in [9.17, 15) is 0 Å². The van der Waals surface area contributed by atoms with E-state index in [-0.39, 0.29) is 0 Å². The summed E-state index contributed by atoms with van der Waals surface area (Å²) < 4.78 is 11.0. The van der Waals surface area contributed by atoms with Crippen LogP contribution in [0.3, 0.4) is 0 Å². The molecule has 0 saturated heterocycles. The molecule has 0 unspecified atom stereocenters. The van der Waals surface area contributed by atoms with Gasteiger partial charge in [0.25, 0.3) is 5.89 Å². The number of aromatic nitrogens is 3. The van der Waals surface area contributed by atoms with Gasteiger partial charge in [-0.1, -0.05) is 23.4 Å². The highest BCUT2D eigenvalue weighted by molar-refractivity contribution is 5.81. The van der Waals surface area contributed by atoms with Crippen LogP contribution in [0.15, 0.2) is 57.6 Å². The summed E-state index contributed by atoms with van der Waals surface area (Å²) in [4.78, 5) is 8.26. The van der Waals surface area contributed by atoms with Crippen molar-refractivity contribution in [2.75, 3.05) is 5.73 Å². The maximum absolute atomic E-state index is 5.70. The summed E-state index contributed by atoms with van der Waals surface area (Å²) in [5.41, 5.74) is 7.15. The average molecular weight is 278 g/mol. The Morgan fingerprint density at radius 2 is 1.95 bits per heavy atom. The first kappa shape index (κ1) is 11.7. The standard InChI is InChI=1S/C15H10N4O2/c16-13-8-10(5-6-17-13)15-18-14(19-21-15)12-7-9-3-1-2-4-11(9)20-12/h1-8H,(H2,16,17). The molecule has 3 aromatic heterocycles. The summed E-state index contributed by atoms with van der Waals surface area (Å²) in [5.74, 6) is 1.74. The molecule has 0 atom stereocenters. The van der Waals surface area contributed by atoms with Gasteiger partial charge in [0.2, 0.25) is 5.82 Å². The fourth-order valence-corrected chi connectivity index (χ4v) is 2.11. The van der Waals surface area contributed by atoms with Crippen LogP contribution in [0.1, 0.15) is 0 Å². The summed E-state index contributed by atoms with van der Waals surface area (Å²) in [6.45, 7) is 0. The second-order valence-corrected chi connectivity index (χ2v) is 4.54. The van der Waals surface area contributed by atoms with Crippen molar-refractivity contribution in [2.24, 2.45) is 0 Å². The molecule has 102 valence electrons. The van der Waals surface area contributed by atoms with Crippen molar-refractivity contribution in [3.8, 4) is 23.0 Å². The molecule has 6 heteroatoms. The molecule has 0 spiro atoms. The first-order chi connectivity index (χ1) is 10.3. The molecule has 4 rings (SSSR count). The zero-order chi connectivity index (χ0) is 14.2. The van der Waals surface area contributed by atoms with Gasteiger partial charge in [-0.15, -0.1) is 0 Å². The molecular formula is C15H10N4O2. The van der Waals surface area contributed by atoms with Gasteiger partial charge in [0, 0.05) is 17.1 Å². The van der Waals surface area contributed by atoms with Gasteiger partial charge in [0.15, 0.2) is 5.76 Å². The highest BCUT2D eigenvalue weighted by atomic mass is 16.5. The number of nitrogens with zero attached hydrogens (tertiary/aromatic N) is 3. The summed E-state index contributed by atoms with van der Waals surface area (Å²) in [6.07, 6.45) is 1.59. The van der Waals surface area contributed by atoms with E-state index in [1.54, 1.807) is 18.3 Å². The number of benzene rings is 1. The third kappa shape index (κ3) is 2.02. The van der Waals surface area contributed by atoms with Gasteiger partial charge in [-0.3, -0.25) is 0 Å². The van der Waals surface area contributed by atoms with Crippen LogP contribution in [0.4, 0.5) is 5.82 Å². The van der Waals surface area contributed by atoms with Crippen molar-refractivity contribution in [2.45, 2.75) is 0 Å². The van der Waals surface area contributed by atoms with E-state index in [0.717, 1.165) is 16.5 Å². The van der Waals surface area contributed by atoms with Gasteiger partial charge in [-0.2, -0.15) is 4.98 Å². The molecule has 0 aliphatic heterocycles. The van der Waals surface area contributed by atoms with Crippen LogP contribution in [-0.2, 0) is 0 Å². The van der Waals surface area contributed by atoms with Gasteiger partial charge in [0.05, 0.1) is 0 Å². The van der Waals surface area contributed by atoms with E-state index < -0.39 is 0 Å². The van der Waals surface area contributed by atoms with Crippen LogP contribution in [0.5, 0.6) is 0 Å². The lowest BCUT2D eigenvalue weighted by atomic mass is 10.2. The van der Waals surface area contributed by atoms with E-state index in [1.165, 1.54) is 0 Å². The van der Waals surface area contributed by atoms with E-state index in [1.807, 2.05) is 30.3 Å². The number of fused-ring (bicyclic) bond motifs is 1. The Morgan fingerprint density at radius 3 is 2.81 bits per heavy atom. The number of rotatable bonds is 2. The zero-order valence-electron chi connectivity index (χ0n) is 10.9. The fourth-order valence-electron chi connectivity index (χ4n) is 2.11. The number of nitrogens with two attached hydrogens (primary N) is 1. The van der Waals surface area contributed by atoms with Crippen molar-refractivity contribution in [1.29, 1.82) is 0 Å². The third-order valence-corrected chi connectivity index (χ3v) is 3.10. The van der Waals surface area contributed by atoms with Crippen LogP contribution < -0.4 is 5.73 Å². The number of pyridine rings is 1. The minimum absolute atomic E-state index is 0.375. The molecule has 4 aromatic rings. The third-order valence-electron chi connectivity index (χ3n) is 3.10. The molecule has 0 amide bonds. The SMILES string of the molecule is Nc1cc(-c2nc(-c3cc4ccccc4o3)no2)ccn1. The monoisotopic (exact) mass is 278 g/mol. The van der Waals surface area contributed by atoms with E-state index >= 15 is 0 Å². The summed E-state index contributed by atoms with van der Waals surface area (Å²) in [5, 5.41) is 4.94. The van der Waals surface area contributed by atoms with E-state index in [2.05, 4.69) is 15.1 Å². The quantitative estimate of drug-likeness (QED) is 0.605. The smallest absolute Gasteiger partial charge is 0.258 e. The maximum Gasteiger partial charge on any atom is 0.258 e. The second-order valence-electron chi connectivity index (χ2n) is 4.54. The molecule has 0 radical (unpaired) electrons. The largest absolute Gasteiger partial charge is 0.453 e. The van der Waals surface area contributed by atoms with Gasteiger partial charge in [-0.25, -0.2) is 4.98 Å². The number of nitrogen functional groups attached to an aromatic ring is 1. The Bertz CT molecular complexity index is 893. The van der Waals surface area contributed by atoms with E-state index in [0.29, 0.717) is 23.3 Å². The molecule has 2 N–H and O–H groups in total. The van der Waals surface area contributed by atoms with Crippen LogP contribution in [0, 0.1) is 0 Å². The molecule has 0 aliphatic carbocycles. The highest BCUT2D eigenvalue weighted by Crippen LogP contribution is 2.27. The molecule has 1 aromatic carbocycles. The molecule has 0 bridgehead atoms. The molecule has 0 aliphatic rings. The second kappa shape index (κ2) is 4.45. The topological polar surface area (TPSA) is 91.0 Å². The van der Waals surface area contributed by atoms with Crippen molar-refractivity contribution in [3.05, 3.63) is 48.7 Å². The molecule has 0 saturated carbocycles. The highest BCUT2D eigenvalue weighted by Gasteiger charge is 2.14. The number of hydrogen-bond donors (Lipinski definition) is 1. The number of furan rings is 1. The van der Waals surface area contributed by atoms with Crippen LogP contribution >= 0.6 is 0 Å². The first-order valence-corrected chi connectivity index (χ1v) is 6.34. The summed E-state index contributed by atoms with van der Waals surface area (Å²) >= 11 is 0. The Hall–Kier alpha value is -3.15. The Kier molecular flexibility index (Phi) is 2.47. The van der Waals surface area contributed by atoms with Crippen LogP contribution in [0.25, 0.3) is 34.0 Å². The lowest BCUT2D eigenvalue weighted by Crippen LogP contribution is -1.89. The lowest BCUT2D eigenvalue weighted by molar-refractivity contribution is 0.430. The van der Waals surface area contributed by atoms with Crippen molar-refractivity contribution >= 4 is 16.8 Å². The van der Waals surface area contributed by atoms with Crippen molar-refractivity contribution in [3.63, 3.8) is 0 Å². The predicted octanol–water partition coefficient (Wildman–Crippen LogP) is 3.13. The normalized spacial score (nSPS) is 11.0. The van der Waals surface area contributed by atoms with Gasteiger partial charge in [0.1, 0.15) is 11.4 Å². The molecule has 21 heavy (non-hydrogen) atoms. The van der Waals surface area contributed by atoms with E-state index in [4.69, 9.17) is 14.7 Å². The molecule has 3 heterocycles. The Labute approximate surface area is 119 Å². The van der Waals surface area contributed by atoms with Gasteiger partial charge in [-0.05, 0) is 24.3 Å². The summed E-state index contributed by atoms with van der Waals surface area (Å²) in [7, 11) is 0. The molecular weight excluding hydrogens is 268 g/mol.